The van der Waals surface area contributed by atoms with Crippen LogP contribution in [0.5, 0.6) is 0 Å². The minimum Gasteiger partial charge on any atom is -0.236 e. The van der Waals surface area contributed by atoms with E-state index in [0.717, 1.165) is 6.54 Å². The summed E-state index contributed by atoms with van der Waals surface area (Å²) in [5.41, 5.74) is 0.634. The summed E-state index contributed by atoms with van der Waals surface area (Å²) in [5, 5.41) is 0. The summed E-state index contributed by atoms with van der Waals surface area (Å²) in [7, 11) is 0. The molecule has 90 valence electrons. The van der Waals surface area contributed by atoms with Crippen LogP contribution in [0.25, 0.3) is 11.3 Å². The molecule has 1 heterocycles. The van der Waals surface area contributed by atoms with Crippen LogP contribution in [0, 0.1) is 11.2 Å². The Hall–Kier alpha value is -1.64. The predicted molar refractivity (Wildman–Crippen MR) is 63.8 cm³/mol. The fraction of sp³-hybridized carbons (Fsp3) is 0.357. The van der Waals surface area contributed by atoms with Gasteiger partial charge in [-0.15, -0.1) is 0 Å². The van der Waals surface area contributed by atoms with Crippen molar-refractivity contribution in [1.29, 1.82) is 0 Å². The zero-order chi connectivity index (χ0) is 12.5. The molecule has 17 heavy (non-hydrogen) atoms. The van der Waals surface area contributed by atoms with Crippen LogP contribution in [0.15, 0.2) is 41.1 Å². The number of hydrogen-bond donors (Lipinski definition) is 0. The van der Waals surface area contributed by atoms with Crippen molar-refractivity contribution < 1.29 is 13.7 Å². The number of rotatable bonds is 2. The van der Waals surface area contributed by atoms with Gasteiger partial charge in [-0.2, -0.15) is 0 Å². The first-order valence-corrected chi connectivity index (χ1v) is 5.70. The maximum Gasteiger partial charge on any atom is 0.220 e. The Morgan fingerprint density at radius 3 is 2.53 bits per heavy atom. The quantitative estimate of drug-likeness (QED) is 0.728. The smallest absolute Gasteiger partial charge is 0.220 e. The molecule has 0 saturated heterocycles. The molecular formula is C14H17FNO+. The van der Waals surface area contributed by atoms with Gasteiger partial charge in [0, 0.05) is 5.41 Å². The van der Waals surface area contributed by atoms with Crippen molar-refractivity contribution in [1.82, 2.24) is 0 Å². The molecule has 0 saturated carbocycles. The molecule has 0 fully saturated rings. The normalized spacial score (nSPS) is 11.8. The highest BCUT2D eigenvalue weighted by molar-refractivity contribution is 5.56. The molecule has 0 aliphatic carbocycles. The SMILES string of the molecule is CC(C)(C)C[n+]1ccc(-c2ccccc2F)o1. The topological polar surface area (TPSA) is 17.0 Å². The molecule has 0 aliphatic rings. The Bertz CT molecular complexity index is 511. The van der Waals surface area contributed by atoms with Crippen LogP contribution in [0.1, 0.15) is 20.8 Å². The van der Waals surface area contributed by atoms with Crippen LogP contribution >= 0.6 is 0 Å². The van der Waals surface area contributed by atoms with Crippen LogP contribution in [0.4, 0.5) is 4.39 Å². The van der Waals surface area contributed by atoms with E-state index in [0.29, 0.717) is 11.3 Å². The summed E-state index contributed by atoms with van der Waals surface area (Å²) in [4.78, 5) is 0. The van der Waals surface area contributed by atoms with Gasteiger partial charge in [-0.25, -0.2) is 8.91 Å². The molecule has 2 rings (SSSR count). The zero-order valence-corrected chi connectivity index (χ0v) is 10.4. The van der Waals surface area contributed by atoms with Crippen LogP contribution in [-0.2, 0) is 6.54 Å². The highest BCUT2D eigenvalue weighted by atomic mass is 19.1. The van der Waals surface area contributed by atoms with Crippen molar-refractivity contribution in [3.63, 3.8) is 0 Å². The number of benzene rings is 1. The van der Waals surface area contributed by atoms with Crippen molar-refractivity contribution in [2.24, 2.45) is 5.41 Å². The minimum absolute atomic E-state index is 0.134. The number of nitrogens with zero attached hydrogens (tertiary/aromatic N) is 1. The number of hydrogen-bond acceptors (Lipinski definition) is 1. The van der Waals surface area contributed by atoms with E-state index in [2.05, 4.69) is 20.8 Å². The Balaban J connectivity index is 2.28. The molecule has 0 bridgehead atoms. The summed E-state index contributed by atoms with van der Waals surface area (Å²) < 4.78 is 20.9. The van der Waals surface area contributed by atoms with Crippen molar-refractivity contribution in [2.45, 2.75) is 27.3 Å². The minimum atomic E-state index is -0.259. The van der Waals surface area contributed by atoms with Gasteiger partial charge < -0.3 is 0 Å². The van der Waals surface area contributed by atoms with Gasteiger partial charge in [-0.3, -0.25) is 0 Å². The lowest BCUT2D eigenvalue weighted by molar-refractivity contribution is -0.869. The van der Waals surface area contributed by atoms with Gasteiger partial charge in [0.1, 0.15) is 5.82 Å². The Kier molecular flexibility index (Phi) is 3.01. The van der Waals surface area contributed by atoms with Gasteiger partial charge in [0.15, 0.2) is 6.54 Å². The molecule has 0 N–H and O–H groups in total. The monoisotopic (exact) mass is 234 g/mol. The molecule has 2 nitrogen and oxygen atoms in total. The Labute approximate surface area is 101 Å². The van der Waals surface area contributed by atoms with Crippen molar-refractivity contribution >= 4 is 0 Å². The summed E-state index contributed by atoms with van der Waals surface area (Å²) in [6.45, 7) is 7.16. The molecule has 0 unspecified atom stereocenters. The third-order valence-corrected chi connectivity index (χ3v) is 2.38. The molecular weight excluding hydrogens is 217 g/mol. The first-order chi connectivity index (χ1) is 7.96. The summed E-state index contributed by atoms with van der Waals surface area (Å²) in [5.74, 6) is 0.303. The lowest BCUT2D eigenvalue weighted by Gasteiger charge is -2.09. The summed E-state index contributed by atoms with van der Waals surface area (Å²) >= 11 is 0. The van der Waals surface area contributed by atoms with Crippen LogP contribution in [0.2, 0.25) is 0 Å². The highest BCUT2D eigenvalue weighted by Crippen LogP contribution is 2.21. The van der Waals surface area contributed by atoms with Crippen LogP contribution in [0.3, 0.4) is 0 Å². The Morgan fingerprint density at radius 1 is 1.18 bits per heavy atom. The van der Waals surface area contributed by atoms with Crippen LogP contribution < -0.4 is 4.74 Å². The van der Waals surface area contributed by atoms with E-state index in [1.807, 2.05) is 6.20 Å². The molecule has 3 heteroatoms. The summed E-state index contributed by atoms with van der Waals surface area (Å²) in [6, 6.07) is 8.42. The van der Waals surface area contributed by atoms with E-state index in [9.17, 15) is 4.39 Å². The molecule has 0 radical (unpaired) electrons. The van der Waals surface area contributed by atoms with E-state index < -0.39 is 0 Å². The second-order valence-electron chi connectivity index (χ2n) is 5.39. The maximum atomic E-state index is 13.6. The average molecular weight is 234 g/mol. The maximum absolute atomic E-state index is 13.6. The standard InChI is InChI=1S/C14H17FNO/c1-14(2,3)10-16-9-8-13(17-16)11-6-4-5-7-12(11)15/h4-9H,10H2,1-3H3/q+1. The third kappa shape index (κ3) is 2.93. The molecule has 2 aromatic rings. The van der Waals surface area contributed by atoms with Gasteiger partial charge in [-0.05, 0) is 16.9 Å². The van der Waals surface area contributed by atoms with Gasteiger partial charge in [-0.1, -0.05) is 32.9 Å². The highest BCUT2D eigenvalue weighted by Gasteiger charge is 2.21. The molecule has 0 amide bonds. The Morgan fingerprint density at radius 2 is 1.88 bits per heavy atom. The molecule has 0 aliphatic heterocycles. The van der Waals surface area contributed by atoms with E-state index in [4.69, 9.17) is 4.52 Å². The molecule has 0 spiro atoms. The third-order valence-electron chi connectivity index (χ3n) is 2.38. The van der Waals surface area contributed by atoms with Crippen molar-refractivity contribution in [3.8, 4) is 11.3 Å². The number of aromatic nitrogens is 1. The lowest BCUT2D eigenvalue weighted by Crippen LogP contribution is -2.37. The fourth-order valence-corrected chi connectivity index (χ4v) is 1.69. The van der Waals surface area contributed by atoms with Gasteiger partial charge in [0.25, 0.3) is 0 Å². The van der Waals surface area contributed by atoms with Gasteiger partial charge >= 0.3 is 0 Å². The second kappa shape index (κ2) is 4.32. The average Bonchev–Trinajstić information content (AvgIpc) is 2.64. The summed E-state index contributed by atoms with van der Waals surface area (Å²) in [6.07, 6.45) is 1.84. The van der Waals surface area contributed by atoms with Crippen LogP contribution in [-0.4, -0.2) is 0 Å². The predicted octanol–water partition coefficient (Wildman–Crippen LogP) is 3.42. The van der Waals surface area contributed by atoms with Crippen molar-refractivity contribution in [2.75, 3.05) is 0 Å². The van der Waals surface area contributed by atoms with Gasteiger partial charge in [0.05, 0.1) is 11.6 Å². The van der Waals surface area contributed by atoms with Crippen molar-refractivity contribution in [3.05, 3.63) is 42.3 Å². The molecule has 1 aromatic carbocycles. The number of halogens is 1. The molecule has 1 aromatic heterocycles. The lowest BCUT2D eigenvalue weighted by atomic mass is 9.97. The zero-order valence-electron chi connectivity index (χ0n) is 10.4. The van der Waals surface area contributed by atoms with E-state index in [1.165, 1.54) is 6.07 Å². The molecule has 0 atom stereocenters. The fourth-order valence-electron chi connectivity index (χ4n) is 1.69. The largest absolute Gasteiger partial charge is 0.236 e. The second-order valence-corrected chi connectivity index (χ2v) is 5.39. The first kappa shape index (κ1) is 11.8. The van der Waals surface area contributed by atoms with Gasteiger partial charge in [0.2, 0.25) is 12.0 Å². The van der Waals surface area contributed by atoms with E-state index >= 15 is 0 Å². The van der Waals surface area contributed by atoms with E-state index in [1.54, 1.807) is 29.0 Å². The van der Waals surface area contributed by atoms with E-state index in [-0.39, 0.29) is 11.2 Å². The first-order valence-electron chi connectivity index (χ1n) is 5.70.